The van der Waals surface area contributed by atoms with Crippen molar-refractivity contribution in [2.75, 3.05) is 11.9 Å². The monoisotopic (exact) mass is 441 g/mol. The summed E-state index contributed by atoms with van der Waals surface area (Å²) in [5, 5.41) is 23.2. The Labute approximate surface area is 181 Å². The molecule has 9 nitrogen and oxygen atoms in total. The predicted molar refractivity (Wildman–Crippen MR) is 117 cm³/mol. The Morgan fingerprint density at radius 2 is 1.90 bits per heavy atom. The van der Waals surface area contributed by atoms with Crippen LogP contribution in [0.25, 0.3) is 6.08 Å². The van der Waals surface area contributed by atoms with Gasteiger partial charge in [-0.2, -0.15) is 0 Å². The fourth-order valence-corrected chi connectivity index (χ4v) is 3.81. The van der Waals surface area contributed by atoms with Gasteiger partial charge in [-0.1, -0.05) is 6.07 Å². The maximum atomic E-state index is 12.6. The second kappa shape index (κ2) is 8.60. The van der Waals surface area contributed by atoms with E-state index in [0.29, 0.717) is 23.0 Å². The van der Waals surface area contributed by atoms with Gasteiger partial charge in [-0.05, 0) is 73.5 Å². The van der Waals surface area contributed by atoms with Gasteiger partial charge in [0.1, 0.15) is 6.54 Å². The normalized spacial score (nSPS) is 14.9. The number of phenolic OH excluding ortho intramolecular Hbond substituents is 1. The average Bonchev–Trinajstić information content (AvgIpc) is 2.94. The van der Waals surface area contributed by atoms with Crippen LogP contribution in [0.5, 0.6) is 5.75 Å². The summed E-state index contributed by atoms with van der Waals surface area (Å²) in [6, 6.07) is 8.02. The Morgan fingerprint density at radius 3 is 2.55 bits per heavy atom. The fourth-order valence-electron chi connectivity index (χ4n) is 2.98. The molecule has 0 aliphatic carbocycles. The number of nitro groups is 1. The van der Waals surface area contributed by atoms with Gasteiger partial charge in [0.05, 0.1) is 9.83 Å². The third-order valence-corrected chi connectivity index (χ3v) is 5.62. The topological polar surface area (TPSA) is 130 Å². The zero-order chi connectivity index (χ0) is 22.9. The van der Waals surface area contributed by atoms with Crippen LogP contribution in [0, 0.1) is 30.9 Å². The number of aromatic hydroxyl groups is 1. The third-order valence-electron chi connectivity index (χ3n) is 4.71. The molecule has 1 heterocycles. The molecule has 1 saturated heterocycles. The molecule has 0 spiro atoms. The Morgan fingerprint density at radius 1 is 1.19 bits per heavy atom. The van der Waals surface area contributed by atoms with Crippen LogP contribution < -0.4 is 5.32 Å². The number of thioether (sulfide) groups is 1. The number of nitro benzene ring substituents is 1. The lowest BCUT2D eigenvalue weighted by molar-refractivity contribution is -0.385. The summed E-state index contributed by atoms with van der Waals surface area (Å²) in [5.74, 6) is -1.86. The largest absolute Gasteiger partial charge is 0.502 e. The Hall–Kier alpha value is -3.66. The van der Waals surface area contributed by atoms with Crippen LogP contribution in [0.3, 0.4) is 0 Å². The van der Waals surface area contributed by atoms with Gasteiger partial charge in [-0.15, -0.1) is 0 Å². The molecule has 160 valence electrons. The molecule has 0 unspecified atom stereocenters. The summed E-state index contributed by atoms with van der Waals surface area (Å²) in [4.78, 5) is 48.4. The number of nitrogens with one attached hydrogen (secondary N) is 1. The van der Waals surface area contributed by atoms with Crippen molar-refractivity contribution in [3.8, 4) is 5.75 Å². The summed E-state index contributed by atoms with van der Waals surface area (Å²) in [6.07, 6.45) is 1.21. The van der Waals surface area contributed by atoms with Crippen molar-refractivity contribution >= 4 is 46.3 Å². The molecule has 31 heavy (non-hydrogen) atoms. The van der Waals surface area contributed by atoms with E-state index < -0.39 is 40.0 Å². The van der Waals surface area contributed by atoms with Crippen molar-refractivity contribution in [1.82, 2.24) is 4.90 Å². The summed E-state index contributed by atoms with van der Waals surface area (Å²) >= 11 is 0.596. The highest BCUT2D eigenvalue weighted by molar-refractivity contribution is 8.18. The van der Waals surface area contributed by atoms with Gasteiger partial charge < -0.3 is 10.4 Å². The number of aryl methyl sites for hydroxylation is 3. The first-order valence-electron chi connectivity index (χ1n) is 9.17. The lowest BCUT2D eigenvalue weighted by atomic mass is 10.1. The smallest absolute Gasteiger partial charge is 0.311 e. The number of benzene rings is 2. The molecular formula is C21H19N3O6S. The Balaban J connectivity index is 1.79. The molecule has 0 saturated carbocycles. The maximum absolute atomic E-state index is 12.6. The molecule has 2 aromatic rings. The number of phenols is 1. The quantitative estimate of drug-likeness (QED) is 0.409. The summed E-state index contributed by atoms with van der Waals surface area (Å²) in [7, 11) is 0. The van der Waals surface area contributed by atoms with Crippen molar-refractivity contribution in [1.29, 1.82) is 0 Å². The molecule has 2 aromatic carbocycles. The first-order chi connectivity index (χ1) is 14.6. The van der Waals surface area contributed by atoms with E-state index in [2.05, 4.69) is 5.32 Å². The molecule has 3 amide bonds. The van der Waals surface area contributed by atoms with Crippen molar-refractivity contribution in [3.63, 3.8) is 0 Å². The minimum atomic E-state index is -0.734. The van der Waals surface area contributed by atoms with E-state index in [1.807, 2.05) is 19.9 Å². The van der Waals surface area contributed by atoms with E-state index >= 15 is 0 Å². The van der Waals surface area contributed by atoms with Gasteiger partial charge in [0.15, 0.2) is 0 Å². The summed E-state index contributed by atoms with van der Waals surface area (Å²) in [6.45, 7) is 4.97. The molecule has 1 fully saturated rings. The molecular weight excluding hydrogens is 422 g/mol. The molecule has 0 aromatic heterocycles. The molecule has 0 bridgehead atoms. The van der Waals surface area contributed by atoms with Crippen LogP contribution in [0.4, 0.5) is 16.2 Å². The number of carbonyl (C=O) groups excluding carboxylic acids is 3. The highest BCUT2D eigenvalue weighted by atomic mass is 32.2. The number of anilines is 1. The van der Waals surface area contributed by atoms with Gasteiger partial charge in [-0.3, -0.25) is 29.4 Å². The second-order valence-corrected chi connectivity index (χ2v) is 8.09. The standard InChI is InChI=1S/C21H19N3O6S/c1-11-6-14(19(26)16(7-11)24(29)30)9-17-20(27)23(21(28)31-17)10-18(25)22-15-5-4-12(2)13(3)8-15/h4-9,26H,10H2,1-3H3,(H,22,25)/b17-9+. The van der Waals surface area contributed by atoms with Gasteiger partial charge in [0.2, 0.25) is 11.7 Å². The van der Waals surface area contributed by atoms with Crippen LogP contribution in [-0.4, -0.2) is 38.5 Å². The predicted octanol–water partition coefficient (Wildman–Crippen LogP) is 3.90. The van der Waals surface area contributed by atoms with Crippen LogP contribution in [0.15, 0.2) is 35.2 Å². The molecule has 1 aliphatic heterocycles. The molecule has 3 rings (SSSR count). The molecule has 1 aliphatic rings. The summed E-state index contributed by atoms with van der Waals surface area (Å²) < 4.78 is 0. The Bertz CT molecular complexity index is 1160. The molecule has 10 heteroatoms. The average molecular weight is 441 g/mol. The zero-order valence-electron chi connectivity index (χ0n) is 17.0. The lowest BCUT2D eigenvalue weighted by Gasteiger charge is -2.13. The third kappa shape index (κ3) is 4.75. The zero-order valence-corrected chi connectivity index (χ0v) is 17.8. The van der Waals surface area contributed by atoms with Crippen molar-refractivity contribution < 1.29 is 24.4 Å². The number of nitrogens with zero attached hydrogens (tertiary/aromatic N) is 2. The number of rotatable bonds is 5. The van der Waals surface area contributed by atoms with E-state index in [4.69, 9.17) is 0 Å². The van der Waals surface area contributed by atoms with Gasteiger partial charge in [0, 0.05) is 17.3 Å². The lowest BCUT2D eigenvalue weighted by Crippen LogP contribution is -2.36. The second-order valence-electron chi connectivity index (χ2n) is 7.09. The highest BCUT2D eigenvalue weighted by Gasteiger charge is 2.36. The van der Waals surface area contributed by atoms with Crippen molar-refractivity contribution in [2.24, 2.45) is 0 Å². The number of hydrogen-bond acceptors (Lipinski definition) is 7. The SMILES string of the molecule is Cc1cc(/C=C2/SC(=O)N(CC(=O)Nc3ccc(C)c(C)c3)C2=O)c(O)c([N+](=O)[O-])c1. The van der Waals surface area contributed by atoms with Gasteiger partial charge in [-0.25, -0.2) is 0 Å². The van der Waals surface area contributed by atoms with Crippen molar-refractivity contribution in [3.05, 3.63) is 67.6 Å². The van der Waals surface area contributed by atoms with Gasteiger partial charge in [0.25, 0.3) is 11.1 Å². The van der Waals surface area contributed by atoms with Crippen LogP contribution in [0.2, 0.25) is 0 Å². The number of imide groups is 1. The van der Waals surface area contributed by atoms with Crippen LogP contribution in [-0.2, 0) is 9.59 Å². The minimum Gasteiger partial charge on any atom is -0.502 e. The van der Waals surface area contributed by atoms with Gasteiger partial charge >= 0.3 is 5.69 Å². The molecule has 0 radical (unpaired) electrons. The first kappa shape index (κ1) is 22.0. The van der Waals surface area contributed by atoms with E-state index in [9.17, 15) is 29.6 Å². The van der Waals surface area contributed by atoms with E-state index in [0.717, 1.165) is 16.0 Å². The van der Waals surface area contributed by atoms with E-state index in [1.165, 1.54) is 18.2 Å². The number of hydrogen-bond donors (Lipinski definition) is 2. The minimum absolute atomic E-state index is 0.0387. The maximum Gasteiger partial charge on any atom is 0.311 e. The highest BCUT2D eigenvalue weighted by Crippen LogP contribution is 2.37. The Kier molecular flexibility index (Phi) is 6.11. The van der Waals surface area contributed by atoms with E-state index in [1.54, 1.807) is 19.1 Å². The van der Waals surface area contributed by atoms with Crippen molar-refractivity contribution in [2.45, 2.75) is 20.8 Å². The van der Waals surface area contributed by atoms with Crippen LogP contribution >= 0.6 is 11.8 Å². The number of carbonyl (C=O) groups is 3. The molecule has 2 N–H and O–H groups in total. The summed E-state index contributed by atoms with van der Waals surface area (Å²) in [5.41, 5.74) is 2.64. The molecule has 0 atom stereocenters. The first-order valence-corrected chi connectivity index (χ1v) is 9.99. The number of amides is 3. The van der Waals surface area contributed by atoms with E-state index in [-0.39, 0.29) is 10.5 Å². The fraction of sp³-hybridized carbons (Fsp3) is 0.190. The van der Waals surface area contributed by atoms with Crippen LogP contribution in [0.1, 0.15) is 22.3 Å².